The lowest BCUT2D eigenvalue weighted by atomic mass is 10.0. The first-order valence-corrected chi connectivity index (χ1v) is 7.70. The minimum Gasteiger partial charge on any atom is -0.388 e. The number of benzene rings is 1. The Morgan fingerprint density at radius 1 is 1.33 bits per heavy atom. The maximum absolute atomic E-state index is 10.4. The first kappa shape index (κ1) is 16.3. The minimum atomic E-state index is -0.461. The van der Waals surface area contributed by atoms with Crippen molar-refractivity contribution in [3.8, 4) is 0 Å². The number of anilines is 1. The molecule has 2 rings (SSSR count). The summed E-state index contributed by atoms with van der Waals surface area (Å²) in [5.41, 5.74) is 1.92. The maximum atomic E-state index is 10.4. The molecule has 1 heterocycles. The number of ether oxygens (including phenoxy) is 1. The van der Waals surface area contributed by atoms with E-state index in [9.17, 15) is 5.11 Å². The number of nitrogens with zero attached hydrogens (tertiary/aromatic N) is 2. The molecule has 21 heavy (non-hydrogen) atoms. The Labute approximate surface area is 128 Å². The maximum Gasteiger partial charge on any atom is 0.0832 e. The zero-order chi connectivity index (χ0) is 15.5. The summed E-state index contributed by atoms with van der Waals surface area (Å²) in [4.78, 5) is 4.52. The molecule has 0 radical (unpaired) electrons. The number of likely N-dealkylation sites (N-methyl/N-ethyl adjacent to an activating group) is 1. The van der Waals surface area contributed by atoms with Gasteiger partial charge in [-0.05, 0) is 34.0 Å². The second-order valence-electron chi connectivity index (χ2n) is 6.70. The van der Waals surface area contributed by atoms with Gasteiger partial charge in [-0.3, -0.25) is 0 Å². The van der Waals surface area contributed by atoms with E-state index in [1.54, 1.807) is 0 Å². The lowest BCUT2D eigenvalue weighted by molar-refractivity contribution is -0.0240. The van der Waals surface area contributed by atoms with Crippen LogP contribution in [-0.2, 0) is 4.74 Å². The van der Waals surface area contributed by atoms with Crippen molar-refractivity contribution in [1.29, 1.82) is 0 Å². The second kappa shape index (κ2) is 6.77. The van der Waals surface area contributed by atoms with E-state index in [1.807, 2.05) is 18.2 Å². The molecule has 0 fully saturated rings. The zero-order valence-corrected chi connectivity index (χ0v) is 13.7. The van der Waals surface area contributed by atoms with Gasteiger partial charge in [-0.1, -0.05) is 18.2 Å². The summed E-state index contributed by atoms with van der Waals surface area (Å²) in [6.45, 7) is 7.55. The minimum absolute atomic E-state index is 0.219. The quantitative estimate of drug-likeness (QED) is 0.927. The van der Waals surface area contributed by atoms with Crippen LogP contribution in [0.1, 0.15) is 31.9 Å². The van der Waals surface area contributed by atoms with Crippen LogP contribution >= 0.6 is 0 Å². The summed E-state index contributed by atoms with van der Waals surface area (Å²) < 4.78 is 5.97. The van der Waals surface area contributed by atoms with E-state index in [2.05, 4.69) is 43.8 Å². The van der Waals surface area contributed by atoms with Crippen LogP contribution in [0.25, 0.3) is 0 Å². The van der Waals surface area contributed by atoms with Crippen molar-refractivity contribution in [3.05, 3.63) is 29.8 Å². The highest BCUT2D eigenvalue weighted by atomic mass is 16.5. The van der Waals surface area contributed by atoms with Crippen LogP contribution in [-0.4, -0.2) is 55.9 Å². The molecule has 1 aromatic carbocycles. The summed E-state index contributed by atoms with van der Waals surface area (Å²) in [5, 5.41) is 10.4. The first-order valence-electron chi connectivity index (χ1n) is 7.70. The van der Waals surface area contributed by atoms with E-state index in [0.717, 1.165) is 30.9 Å². The summed E-state index contributed by atoms with van der Waals surface area (Å²) in [6.07, 6.45) is 0.180. The molecule has 0 aliphatic carbocycles. The van der Waals surface area contributed by atoms with Crippen LogP contribution in [0.2, 0.25) is 0 Å². The van der Waals surface area contributed by atoms with E-state index in [1.165, 1.54) is 0 Å². The fraction of sp³-hybridized carbons (Fsp3) is 0.647. The van der Waals surface area contributed by atoms with Crippen LogP contribution in [0.15, 0.2) is 24.3 Å². The molecule has 0 amide bonds. The Morgan fingerprint density at radius 2 is 2.05 bits per heavy atom. The van der Waals surface area contributed by atoms with Gasteiger partial charge in [0.05, 0.1) is 18.3 Å². The van der Waals surface area contributed by atoms with Gasteiger partial charge in [0.1, 0.15) is 0 Å². The molecule has 118 valence electrons. The average Bonchev–Trinajstić information content (AvgIpc) is 2.46. The molecule has 1 atom stereocenters. The standard InChI is InChI=1S/C17H28N2O2/c1-17(2)13-19(11-10-18(3)4)15-8-6-5-7-14(15)16(20)9-12-21-17/h5-8,16,20H,9-13H2,1-4H3. The van der Waals surface area contributed by atoms with Gasteiger partial charge < -0.3 is 19.6 Å². The molecule has 0 spiro atoms. The van der Waals surface area contributed by atoms with Gasteiger partial charge in [0, 0.05) is 37.3 Å². The summed E-state index contributed by atoms with van der Waals surface area (Å²) in [5.74, 6) is 0. The molecule has 1 aliphatic rings. The molecule has 1 N–H and O–H groups in total. The van der Waals surface area contributed by atoms with Gasteiger partial charge in [0.25, 0.3) is 0 Å². The largest absolute Gasteiger partial charge is 0.388 e. The SMILES string of the molecule is CN(C)CCN1CC(C)(C)OCCC(O)c2ccccc21. The van der Waals surface area contributed by atoms with Crippen molar-refractivity contribution in [2.45, 2.75) is 32.0 Å². The Morgan fingerprint density at radius 3 is 2.76 bits per heavy atom. The van der Waals surface area contributed by atoms with Gasteiger partial charge >= 0.3 is 0 Å². The molecule has 0 saturated heterocycles. The van der Waals surface area contributed by atoms with Gasteiger partial charge in [-0.25, -0.2) is 0 Å². The van der Waals surface area contributed by atoms with Crippen LogP contribution in [0.3, 0.4) is 0 Å². The summed E-state index contributed by atoms with van der Waals surface area (Å²) in [6, 6.07) is 8.17. The van der Waals surface area contributed by atoms with Crippen molar-refractivity contribution in [2.75, 3.05) is 45.2 Å². The molecule has 0 bridgehead atoms. The van der Waals surface area contributed by atoms with E-state index >= 15 is 0 Å². The van der Waals surface area contributed by atoms with Gasteiger partial charge in [-0.2, -0.15) is 0 Å². The fourth-order valence-electron chi connectivity index (χ4n) is 2.77. The lowest BCUT2D eigenvalue weighted by Crippen LogP contribution is -2.43. The highest BCUT2D eigenvalue weighted by molar-refractivity contribution is 5.55. The number of para-hydroxylation sites is 1. The number of aliphatic hydroxyl groups is 1. The molecule has 0 aromatic heterocycles. The second-order valence-corrected chi connectivity index (χ2v) is 6.70. The number of hydrogen-bond acceptors (Lipinski definition) is 4. The summed E-state index contributed by atoms with van der Waals surface area (Å²) >= 11 is 0. The first-order chi connectivity index (χ1) is 9.89. The third kappa shape index (κ3) is 4.43. The van der Waals surface area contributed by atoms with Gasteiger partial charge in [0.2, 0.25) is 0 Å². The number of hydrogen-bond donors (Lipinski definition) is 1. The molecule has 1 unspecified atom stereocenters. The highest BCUT2D eigenvalue weighted by Crippen LogP contribution is 2.31. The van der Waals surface area contributed by atoms with Gasteiger partial charge in [0.15, 0.2) is 0 Å². The van der Waals surface area contributed by atoms with Crippen molar-refractivity contribution in [3.63, 3.8) is 0 Å². The van der Waals surface area contributed by atoms with Crippen LogP contribution in [0.5, 0.6) is 0 Å². The monoisotopic (exact) mass is 292 g/mol. The Kier molecular flexibility index (Phi) is 5.25. The third-order valence-electron chi connectivity index (χ3n) is 3.91. The zero-order valence-electron chi connectivity index (χ0n) is 13.7. The van der Waals surface area contributed by atoms with Crippen molar-refractivity contribution >= 4 is 5.69 Å². The Hall–Kier alpha value is -1.10. The van der Waals surface area contributed by atoms with Crippen LogP contribution in [0, 0.1) is 0 Å². The van der Waals surface area contributed by atoms with E-state index in [0.29, 0.717) is 13.0 Å². The van der Waals surface area contributed by atoms with E-state index < -0.39 is 6.10 Å². The molecule has 0 saturated carbocycles. The van der Waals surface area contributed by atoms with Crippen molar-refractivity contribution < 1.29 is 9.84 Å². The predicted molar refractivity (Wildman–Crippen MR) is 86.8 cm³/mol. The molecule has 4 heteroatoms. The average molecular weight is 292 g/mol. The molecule has 4 nitrogen and oxygen atoms in total. The van der Waals surface area contributed by atoms with E-state index in [-0.39, 0.29) is 5.60 Å². The fourth-order valence-corrected chi connectivity index (χ4v) is 2.77. The van der Waals surface area contributed by atoms with Crippen molar-refractivity contribution in [2.24, 2.45) is 0 Å². The smallest absolute Gasteiger partial charge is 0.0832 e. The van der Waals surface area contributed by atoms with Crippen LogP contribution in [0.4, 0.5) is 5.69 Å². The predicted octanol–water partition coefficient (Wildman–Crippen LogP) is 2.29. The molecule has 1 aliphatic heterocycles. The third-order valence-corrected chi connectivity index (χ3v) is 3.91. The Bertz CT molecular complexity index is 460. The highest BCUT2D eigenvalue weighted by Gasteiger charge is 2.27. The number of fused-ring (bicyclic) bond motifs is 1. The summed E-state index contributed by atoms with van der Waals surface area (Å²) in [7, 11) is 4.16. The Balaban J connectivity index is 2.33. The number of aliphatic hydroxyl groups excluding tert-OH is 1. The lowest BCUT2D eigenvalue weighted by Gasteiger charge is -2.35. The topological polar surface area (TPSA) is 35.9 Å². The molecular weight excluding hydrogens is 264 g/mol. The van der Waals surface area contributed by atoms with E-state index in [4.69, 9.17) is 4.74 Å². The van der Waals surface area contributed by atoms with Crippen LogP contribution < -0.4 is 4.90 Å². The normalized spacial score (nSPS) is 22.4. The molecular formula is C17H28N2O2. The van der Waals surface area contributed by atoms with Gasteiger partial charge in [-0.15, -0.1) is 0 Å². The number of rotatable bonds is 3. The molecule has 1 aromatic rings. The van der Waals surface area contributed by atoms with Crippen molar-refractivity contribution in [1.82, 2.24) is 4.90 Å².